The van der Waals surface area contributed by atoms with Gasteiger partial charge in [0.1, 0.15) is 17.9 Å². The molecule has 0 spiro atoms. The fourth-order valence-corrected chi connectivity index (χ4v) is 2.91. The second-order valence-corrected chi connectivity index (χ2v) is 5.88. The van der Waals surface area contributed by atoms with E-state index >= 15 is 0 Å². The Bertz CT molecular complexity index is 648. The number of carbonyl (C=O) groups is 1. The van der Waals surface area contributed by atoms with Gasteiger partial charge >= 0.3 is 13.8 Å². The Morgan fingerprint density at radius 3 is 2.50 bits per heavy atom. The van der Waals surface area contributed by atoms with Gasteiger partial charge in [-0.2, -0.15) is 0 Å². The molecule has 0 atom stereocenters. The van der Waals surface area contributed by atoms with E-state index in [0.717, 1.165) is 0 Å². The first kappa shape index (κ1) is 16.8. The lowest BCUT2D eigenvalue weighted by atomic mass is 9.95. The largest absolute Gasteiger partial charge is 0.524 e. The molecular weight excluding hydrogens is 315 g/mol. The first-order chi connectivity index (χ1) is 10.3. The molecule has 9 heteroatoms. The van der Waals surface area contributed by atoms with Gasteiger partial charge in [-0.25, -0.2) is 9.36 Å². The van der Waals surface area contributed by atoms with Crippen LogP contribution < -0.4 is 9.26 Å². The predicted molar refractivity (Wildman–Crippen MR) is 75.1 cm³/mol. The van der Waals surface area contributed by atoms with E-state index in [-0.39, 0.29) is 30.9 Å². The van der Waals surface area contributed by atoms with E-state index in [2.05, 4.69) is 0 Å². The van der Waals surface area contributed by atoms with Gasteiger partial charge in [0, 0.05) is 24.7 Å². The minimum Gasteiger partial charge on any atom is -0.496 e. The molecule has 0 saturated carbocycles. The lowest BCUT2D eigenvalue weighted by Crippen LogP contribution is -2.09. The number of hydrogen-bond donors (Lipinski definition) is 2. The van der Waals surface area contributed by atoms with E-state index in [1.165, 1.54) is 14.2 Å². The second-order valence-electron chi connectivity index (χ2n) is 4.72. The Labute approximate surface area is 127 Å². The molecule has 0 bridgehead atoms. The van der Waals surface area contributed by atoms with Gasteiger partial charge in [0.05, 0.1) is 13.7 Å². The number of benzene rings is 1. The van der Waals surface area contributed by atoms with Crippen molar-refractivity contribution in [2.75, 3.05) is 20.8 Å². The summed E-state index contributed by atoms with van der Waals surface area (Å²) in [5.74, 6) is -0.481. The fourth-order valence-electron chi connectivity index (χ4n) is 2.48. The Morgan fingerprint density at radius 1 is 1.27 bits per heavy atom. The molecule has 0 fully saturated rings. The zero-order valence-corrected chi connectivity index (χ0v) is 13.3. The summed E-state index contributed by atoms with van der Waals surface area (Å²) in [6, 6.07) is 0. The maximum Gasteiger partial charge on any atom is 0.524 e. The molecule has 122 valence electrons. The standard InChI is InChI=1S/C13H17O8P/c1-7-9-6-20-13(14)10(9)12(21-22(15,16)17)8(4-5-18-2)11(7)19-3/h4-6H2,1-3H3,(H2,15,16,17). The zero-order chi connectivity index (χ0) is 16.5. The number of phosphoric acid groups is 1. The van der Waals surface area contributed by atoms with E-state index in [9.17, 15) is 9.36 Å². The highest BCUT2D eigenvalue weighted by Gasteiger charge is 2.35. The summed E-state index contributed by atoms with van der Waals surface area (Å²) in [5, 5.41) is 0. The highest BCUT2D eigenvalue weighted by molar-refractivity contribution is 7.46. The van der Waals surface area contributed by atoms with E-state index in [0.29, 0.717) is 22.4 Å². The Balaban J connectivity index is 2.72. The third-order valence-electron chi connectivity index (χ3n) is 3.39. The third kappa shape index (κ3) is 3.10. The molecule has 0 radical (unpaired) electrons. The van der Waals surface area contributed by atoms with Crippen molar-refractivity contribution in [1.82, 2.24) is 0 Å². The zero-order valence-electron chi connectivity index (χ0n) is 12.4. The maximum absolute atomic E-state index is 11.9. The molecule has 1 aliphatic rings. The SMILES string of the molecule is COCCc1c(OC)c(C)c2c(c1OP(=O)(O)O)C(=O)OC2. The number of phosphoric ester groups is 1. The van der Waals surface area contributed by atoms with Crippen LogP contribution in [0.2, 0.25) is 0 Å². The highest BCUT2D eigenvalue weighted by atomic mass is 31.2. The molecule has 1 heterocycles. The third-order valence-corrected chi connectivity index (χ3v) is 3.81. The van der Waals surface area contributed by atoms with Crippen molar-refractivity contribution in [3.8, 4) is 11.5 Å². The number of carbonyl (C=O) groups excluding carboxylic acids is 1. The minimum atomic E-state index is -4.85. The van der Waals surface area contributed by atoms with E-state index < -0.39 is 13.8 Å². The number of hydrogen-bond acceptors (Lipinski definition) is 6. The summed E-state index contributed by atoms with van der Waals surface area (Å²) in [7, 11) is -1.93. The van der Waals surface area contributed by atoms with E-state index in [4.69, 9.17) is 28.5 Å². The number of rotatable bonds is 6. The molecule has 8 nitrogen and oxygen atoms in total. The topological polar surface area (TPSA) is 112 Å². The van der Waals surface area contributed by atoms with Gasteiger partial charge in [0.2, 0.25) is 0 Å². The molecule has 2 N–H and O–H groups in total. The molecule has 0 saturated heterocycles. The van der Waals surface area contributed by atoms with Crippen LogP contribution in [0.3, 0.4) is 0 Å². The van der Waals surface area contributed by atoms with Crippen molar-refractivity contribution in [2.45, 2.75) is 20.0 Å². The number of esters is 1. The van der Waals surface area contributed by atoms with Crippen LogP contribution >= 0.6 is 7.82 Å². The van der Waals surface area contributed by atoms with Crippen molar-refractivity contribution < 1.29 is 37.9 Å². The van der Waals surface area contributed by atoms with Gasteiger partial charge in [-0.05, 0) is 12.5 Å². The molecule has 22 heavy (non-hydrogen) atoms. The molecule has 0 amide bonds. The summed E-state index contributed by atoms with van der Waals surface area (Å²) in [6.45, 7) is 2.02. The summed E-state index contributed by atoms with van der Waals surface area (Å²) in [4.78, 5) is 30.2. The van der Waals surface area contributed by atoms with Crippen LogP contribution in [0.5, 0.6) is 11.5 Å². The number of fused-ring (bicyclic) bond motifs is 1. The normalized spacial score (nSPS) is 13.8. The Morgan fingerprint density at radius 2 is 1.95 bits per heavy atom. The second kappa shape index (κ2) is 6.26. The molecule has 0 unspecified atom stereocenters. The smallest absolute Gasteiger partial charge is 0.496 e. The average Bonchev–Trinajstić information content (AvgIpc) is 2.81. The van der Waals surface area contributed by atoms with Crippen molar-refractivity contribution in [2.24, 2.45) is 0 Å². The van der Waals surface area contributed by atoms with Crippen LogP contribution in [0, 0.1) is 6.92 Å². The molecule has 1 aliphatic heterocycles. The van der Waals surface area contributed by atoms with Crippen molar-refractivity contribution in [3.05, 3.63) is 22.3 Å². The van der Waals surface area contributed by atoms with Crippen molar-refractivity contribution >= 4 is 13.8 Å². The Hall–Kier alpha value is -1.60. The van der Waals surface area contributed by atoms with Crippen LogP contribution in [0.25, 0.3) is 0 Å². The lowest BCUT2D eigenvalue weighted by Gasteiger charge is -2.19. The van der Waals surface area contributed by atoms with Gasteiger partial charge in [0.25, 0.3) is 0 Å². The number of methoxy groups -OCH3 is 2. The first-order valence-corrected chi connectivity index (χ1v) is 7.96. The summed E-state index contributed by atoms with van der Waals surface area (Å²) in [6.07, 6.45) is 0.260. The minimum absolute atomic E-state index is 0.0123. The van der Waals surface area contributed by atoms with Crippen LogP contribution in [-0.2, 0) is 27.1 Å². The average molecular weight is 332 g/mol. The first-order valence-electron chi connectivity index (χ1n) is 6.43. The quantitative estimate of drug-likeness (QED) is 0.593. The fraction of sp³-hybridized carbons (Fsp3) is 0.462. The molecule has 0 aliphatic carbocycles. The molecule has 1 aromatic rings. The van der Waals surface area contributed by atoms with Crippen LogP contribution in [0.15, 0.2) is 0 Å². The predicted octanol–water partition coefficient (Wildman–Crippen LogP) is 1.33. The molecular formula is C13H17O8P. The van der Waals surface area contributed by atoms with Crippen LogP contribution in [0.1, 0.15) is 27.0 Å². The van der Waals surface area contributed by atoms with Crippen molar-refractivity contribution in [3.63, 3.8) is 0 Å². The van der Waals surface area contributed by atoms with E-state index in [1.54, 1.807) is 6.92 Å². The number of cyclic esters (lactones) is 1. The summed E-state index contributed by atoms with van der Waals surface area (Å²) >= 11 is 0. The van der Waals surface area contributed by atoms with Crippen molar-refractivity contribution in [1.29, 1.82) is 0 Å². The van der Waals surface area contributed by atoms with Gasteiger partial charge in [-0.1, -0.05) is 0 Å². The van der Waals surface area contributed by atoms with Gasteiger partial charge in [0.15, 0.2) is 5.75 Å². The van der Waals surface area contributed by atoms with Crippen LogP contribution in [0.4, 0.5) is 0 Å². The summed E-state index contributed by atoms with van der Waals surface area (Å²) in [5.41, 5.74) is 1.58. The Kier molecular flexibility index (Phi) is 4.77. The lowest BCUT2D eigenvalue weighted by molar-refractivity contribution is 0.0533. The van der Waals surface area contributed by atoms with Crippen LogP contribution in [-0.4, -0.2) is 36.6 Å². The monoisotopic (exact) mass is 332 g/mol. The molecule has 1 aromatic carbocycles. The van der Waals surface area contributed by atoms with Gasteiger partial charge in [-0.15, -0.1) is 0 Å². The van der Waals surface area contributed by atoms with E-state index in [1.807, 2.05) is 0 Å². The summed E-state index contributed by atoms with van der Waals surface area (Å²) < 4.78 is 31.3. The number of ether oxygens (including phenoxy) is 3. The molecule has 2 rings (SSSR count). The van der Waals surface area contributed by atoms with Gasteiger partial charge < -0.3 is 18.7 Å². The molecule has 0 aromatic heterocycles. The van der Waals surface area contributed by atoms with Gasteiger partial charge in [-0.3, -0.25) is 9.79 Å². The highest BCUT2D eigenvalue weighted by Crippen LogP contribution is 2.48. The maximum atomic E-state index is 11.9.